The standard InChI is InChI=1S/C15H18O3/c16-14(12-6-2-1-3-7-12)10-11-5-4-8-13(9-11)15(17)18/h1-3,6-7,11,13H,4-5,8-10H2,(H,17,18). The van der Waals surface area contributed by atoms with E-state index in [9.17, 15) is 9.59 Å². The molecular weight excluding hydrogens is 228 g/mol. The first-order chi connectivity index (χ1) is 8.66. The Labute approximate surface area is 107 Å². The molecule has 1 N–H and O–H groups in total. The van der Waals surface area contributed by atoms with Gasteiger partial charge in [0.25, 0.3) is 0 Å². The molecule has 1 fully saturated rings. The number of aliphatic carboxylic acids is 1. The minimum atomic E-state index is -0.716. The fourth-order valence-corrected chi connectivity index (χ4v) is 2.70. The van der Waals surface area contributed by atoms with Crippen molar-refractivity contribution in [3.8, 4) is 0 Å². The first-order valence-corrected chi connectivity index (χ1v) is 6.48. The number of Topliss-reactive ketones (excluding diaryl/α,β-unsaturated/α-hetero) is 1. The molecule has 3 nitrogen and oxygen atoms in total. The smallest absolute Gasteiger partial charge is 0.306 e. The van der Waals surface area contributed by atoms with Crippen molar-refractivity contribution in [2.45, 2.75) is 32.1 Å². The molecule has 1 saturated carbocycles. The highest BCUT2D eigenvalue weighted by Gasteiger charge is 2.28. The van der Waals surface area contributed by atoms with Gasteiger partial charge in [0.15, 0.2) is 5.78 Å². The van der Waals surface area contributed by atoms with E-state index in [0.717, 1.165) is 24.8 Å². The van der Waals surface area contributed by atoms with E-state index < -0.39 is 5.97 Å². The molecule has 0 spiro atoms. The minimum Gasteiger partial charge on any atom is -0.481 e. The van der Waals surface area contributed by atoms with E-state index in [1.165, 1.54) is 0 Å². The van der Waals surface area contributed by atoms with Gasteiger partial charge in [-0.05, 0) is 25.2 Å². The summed E-state index contributed by atoms with van der Waals surface area (Å²) >= 11 is 0. The number of carboxylic acids is 1. The molecule has 1 aliphatic carbocycles. The Morgan fingerprint density at radius 2 is 1.89 bits per heavy atom. The maximum absolute atomic E-state index is 12.0. The molecule has 0 amide bonds. The molecule has 0 aromatic heterocycles. The molecule has 0 aliphatic heterocycles. The van der Waals surface area contributed by atoms with Gasteiger partial charge in [-0.3, -0.25) is 9.59 Å². The van der Waals surface area contributed by atoms with Crippen LogP contribution in [0.1, 0.15) is 42.5 Å². The number of hydrogen-bond donors (Lipinski definition) is 1. The molecule has 1 aromatic rings. The predicted octanol–water partition coefficient (Wildman–Crippen LogP) is 3.15. The van der Waals surface area contributed by atoms with Crippen molar-refractivity contribution in [2.24, 2.45) is 11.8 Å². The topological polar surface area (TPSA) is 54.4 Å². The highest BCUT2D eigenvalue weighted by Crippen LogP contribution is 2.32. The summed E-state index contributed by atoms with van der Waals surface area (Å²) in [6.07, 6.45) is 3.78. The summed E-state index contributed by atoms with van der Waals surface area (Å²) in [5.41, 5.74) is 0.731. The third-order valence-corrected chi connectivity index (χ3v) is 3.70. The van der Waals surface area contributed by atoms with E-state index in [4.69, 9.17) is 5.11 Å². The molecule has 0 radical (unpaired) electrons. The molecule has 0 heterocycles. The number of hydrogen-bond acceptors (Lipinski definition) is 2. The lowest BCUT2D eigenvalue weighted by Gasteiger charge is -2.26. The summed E-state index contributed by atoms with van der Waals surface area (Å²) in [5, 5.41) is 9.02. The van der Waals surface area contributed by atoms with Gasteiger partial charge in [-0.2, -0.15) is 0 Å². The van der Waals surface area contributed by atoms with Gasteiger partial charge in [0.2, 0.25) is 0 Å². The third kappa shape index (κ3) is 3.19. The second-order valence-corrected chi connectivity index (χ2v) is 5.06. The quantitative estimate of drug-likeness (QED) is 0.830. The van der Waals surface area contributed by atoms with E-state index in [0.29, 0.717) is 12.8 Å². The van der Waals surface area contributed by atoms with E-state index in [2.05, 4.69) is 0 Å². The van der Waals surface area contributed by atoms with Crippen LogP contribution in [0.5, 0.6) is 0 Å². The highest BCUT2D eigenvalue weighted by atomic mass is 16.4. The number of carboxylic acid groups (broad SMARTS) is 1. The van der Waals surface area contributed by atoms with Crippen molar-refractivity contribution in [2.75, 3.05) is 0 Å². The summed E-state index contributed by atoms with van der Waals surface area (Å²) in [6.45, 7) is 0. The van der Waals surface area contributed by atoms with Gasteiger partial charge in [-0.25, -0.2) is 0 Å². The Kier molecular flexibility index (Phi) is 4.13. The normalized spacial score (nSPS) is 23.6. The molecule has 0 bridgehead atoms. The number of carbonyl (C=O) groups excluding carboxylic acids is 1. The van der Waals surface area contributed by atoms with Crippen molar-refractivity contribution in [1.29, 1.82) is 0 Å². The van der Waals surface area contributed by atoms with Crippen LogP contribution in [-0.2, 0) is 4.79 Å². The fraction of sp³-hybridized carbons (Fsp3) is 0.467. The van der Waals surface area contributed by atoms with Crippen molar-refractivity contribution in [3.63, 3.8) is 0 Å². The van der Waals surface area contributed by atoms with Gasteiger partial charge in [-0.15, -0.1) is 0 Å². The van der Waals surface area contributed by atoms with E-state index in [-0.39, 0.29) is 17.6 Å². The van der Waals surface area contributed by atoms with Gasteiger partial charge in [0.05, 0.1) is 5.92 Å². The average Bonchev–Trinajstić information content (AvgIpc) is 2.40. The lowest BCUT2D eigenvalue weighted by molar-refractivity contribution is -0.143. The SMILES string of the molecule is O=C(CC1CCCC(C(=O)O)C1)c1ccccc1. The van der Waals surface area contributed by atoms with Crippen LogP contribution in [0.4, 0.5) is 0 Å². The summed E-state index contributed by atoms with van der Waals surface area (Å²) in [4.78, 5) is 23.0. The Balaban J connectivity index is 1.93. The second kappa shape index (κ2) is 5.80. The first-order valence-electron chi connectivity index (χ1n) is 6.48. The van der Waals surface area contributed by atoms with E-state index in [1.807, 2.05) is 30.3 Å². The molecule has 3 heteroatoms. The summed E-state index contributed by atoms with van der Waals surface area (Å²) in [6, 6.07) is 9.24. The molecule has 96 valence electrons. The molecule has 1 aliphatic rings. The van der Waals surface area contributed by atoms with Crippen molar-refractivity contribution in [3.05, 3.63) is 35.9 Å². The van der Waals surface area contributed by atoms with Crippen LogP contribution in [0, 0.1) is 11.8 Å². The minimum absolute atomic E-state index is 0.131. The van der Waals surface area contributed by atoms with Crippen LogP contribution in [0.25, 0.3) is 0 Å². The van der Waals surface area contributed by atoms with Gasteiger partial charge in [0.1, 0.15) is 0 Å². The van der Waals surface area contributed by atoms with Crippen molar-refractivity contribution >= 4 is 11.8 Å². The molecule has 2 rings (SSSR count). The van der Waals surface area contributed by atoms with Gasteiger partial charge in [-0.1, -0.05) is 36.8 Å². The Morgan fingerprint density at radius 1 is 1.17 bits per heavy atom. The maximum Gasteiger partial charge on any atom is 0.306 e. The van der Waals surface area contributed by atoms with Crippen LogP contribution in [0.15, 0.2) is 30.3 Å². The highest BCUT2D eigenvalue weighted by molar-refractivity contribution is 5.96. The van der Waals surface area contributed by atoms with Crippen LogP contribution in [-0.4, -0.2) is 16.9 Å². The van der Waals surface area contributed by atoms with Crippen LogP contribution >= 0.6 is 0 Å². The average molecular weight is 246 g/mol. The number of rotatable bonds is 4. The van der Waals surface area contributed by atoms with Crippen LogP contribution in [0.3, 0.4) is 0 Å². The monoisotopic (exact) mass is 246 g/mol. The molecule has 2 unspecified atom stereocenters. The van der Waals surface area contributed by atoms with Gasteiger partial charge >= 0.3 is 5.97 Å². The predicted molar refractivity (Wildman–Crippen MR) is 68.5 cm³/mol. The molecule has 2 atom stereocenters. The van der Waals surface area contributed by atoms with E-state index >= 15 is 0 Å². The Hall–Kier alpha value is -1.64. The van der Waals surface area contributed by atoms with Crippen molar-refractivity contribution in [1.82, 2.24) is 0 Å². The summed E-state index contributed by atoms with van der Waals surface area (Å²) in [5.74, 6) is -0.613. The maximum atomic E-state index is 12.0. The molecule has 18 heavy (non-hydrogen) atoms. The number of benzene rings is 1. The molecular formula is C15H18O3. The van der Waals surface area contributed by atoms with Gasteiger partial charge in [0, 0.05) is 12.0 Å². The van der Waals surface area contributed by atoms with E-state index in [1.54, 1.807) is 0 Å². The summed E-state index contributed by atoms with van der Waals surface area (Å²) in [7, 11) is 0. The first kappa shape index (κ1) is 12.8. The Morgan fingerprint density at radius 3 is 2.56 bits per heavy atom. The van der Waals surface area contributed by atoms with Crippen LogP contribution < -0.4 is 0 Å². The second-order valence-electron chi connectivity index (χ2n) is 5.06. The van der Waals surface area contributed by atoms with Crippen LogP contribution in [0.2, 0.25) is 0 Å². The Bertz CT molecular complexity index is 425. The van der Waals surface area contributed by atoms with Crippen molar-refractivity contribution < 1.29 is 14.7 Å². The third-order valence-electron chi connectivity index (χ3n) is 3.70. The number of ketones is 1. The molecule has 0 saturated heterocycles. The zero-order valence-corrected chi connectivity index (χ0v) is 10.3. The zero-order valence-electron chi connectivity index (χ0n) is 10.3. The fourth-order valence-electron chi connectivity index (χ4n) is 2.70. The summed E-state index contributed by atoms with van der Waals surface area (Å²) < 4.78 is 0. The zero-order chi connectivity index (χ0) is 13.0. The van der Waals surface area contributed by atoms with Gasteiger partial charge < -0.3 is 5.11 Å². The largest absolute Gasteiger partial charge is 0.481 e. The lowest BCUT2D eigenvalue weighted by Crippen LogP contribution is -2.24. The molecule has 1 aromatic carbocycles. The lowest BCUT2D eigenvalue weighted by atomic mass is 9.78. The number of carbonyl (C=O) groups is 2.